The molecule has 0 radical (unpaired) electrons. The maximum atomic E-state index is 12.6. The van der Waals surface area contributed by atoms with Crippen LogP contribution < -0.4 is 0 Å². The summed E-state index contributed by atoms with van der Waals surface area (Å²) < 4.78 is 38.2. The highest BCUT2D eigenvalue weighted by Crippen LogP contribution is 2.34. The van der Waals surface area contributed by atoms with Gasteiger partial charge in [0.15, 0.2) is 5.78 Å². The van der Waals surface area contributed by atoms with Crippen LogP contribution in [0.5, 0.6) is 0 Å². The van der Waals surface area contributed by atoms with Crippen LogP contribution in [0.3, 0.4) is 0 Å². The van der Waals surface area contributed by atoms with E-state index in [9.17, 15) is 18.0 Å². The summed E-state index contributed by atoms with van der Waals surface area (Å²) in [4.78, 5) is 11.4. The number of halogens is 5. The highest BCUT2D eigenvalue weighted by atomic mass is 127. The Morgan fingerprint density at radius 2 is 2.06 bits per heavy atom. The normalized spacial score (nSPS) is 11.1. The van der Waals surface area contributed by atoms with Gasteiger partial charge in [-0.1, -0.05) is 15.9 Å². The summed E-state index contributed by atoms with van der Waals surface area (Å²) >= 11 is 4.63. The molecule has 1 aromatic rings. The molecule has 1 rings (SSSR count). The first-order valence-electron chi connectivity index (χ1n) is 4.21. The van der Waals surface area contributed by atoms with Crippen LogP contribution in [0.1, 0.15) is 21.5 Å². The lowest BCUT2D eigenvalue weighted by atomic mass is 10.0. The van der Waals surface area contributed by atoms with Crippen molar-refractivity contribution in [3.63, 3.8) is 0 Å². The van der Waals surface area contributed by atoms with E-state index in [1.54, 1.807) is 22.6 Å². The van der Waals surface area contributed by atoms with Crippen LogP contribution in [0, 0.1) is 14.9 Å². The van der Waals surface area contributed by atoms with Crippen molar-refractivity contribution in [2.45, 2.75) is 6.18 Å². The summed E-state index contributed by atoms with van der Waals surface area (Å²) in [5.74, 6) is -0.454. The molecule has 7 heteroatoms. The van der Waals surface area contributed by atoms with Gasteiger partial charge in [-0.2, -0.15) is 18.4 Å². The third-order valence-corrected chi connectivity index (χ3v) is 3.36. The second-order valence-corrected chi connectivity index (χ2v) is 4.77. The van der Waals surface area contributed by atoms with Crippen LogP contribution in [0.4, 0.5) is 13.2 Å². The minimum absolute atomic E-state index is 0.0335. The van der Waals surface area contributed by atoms with Gasteiger partial charge in [-0.3, -0.25) is 4.79 Å². The first-order chi connectivity index (χ1) is 7.81. The first-order valence-corrected chi connectivity index (χ1v) is 6.41. The number of carbonyl (C=O) groups is 1. The predicted molar refractivity (Wildman–Crippen MR) is 67.0 cm³/mol. The zero-order valence-corrected chi connectivity index (χ0v) is 11.9. The maximum Gasteiger partial charge on any atom is 0.417 e. The van der Waals surface area contributed by atoms with E-state index in [4.69, 9.17) is 5.26 Å². The molecule has 90 valence electrons. The predicted octanol–water partition coefficient (Wildman–Crippen LogP) is 3.76. The molecule has 0 fully saturated rings. The molecule has 0 spiro atoms. The van der Waals surface area contributed by atoms with Crippen molar-refractivity contribution in [2.75, 3.05) is 5.33 Å². The van der Waals surface area contributed by atoms with Gasteiger partial charge < -0.3 is 0 Å². The lowest BCUT2D eigenvalue weighted by Crippen LogP contribution is -2.12. The second kappa shape index (κ2) is 5.35. The zero-order valence-electron chi connectivity index (χ0n) is 8.11. The largest absolute Gasteiger partial charge is 0.417 e. The van der Waals surface area contributed by atoms with Gasteiger partial charge in [0, 0.05) is 9.13 Å². The lowest BCUT2D eigenvalue weighted by Gasteiger charge is -2.11. The van der Waals surface area contributed by atoms with Crippen LogP contribution in [0.25, 0.3) is 0 Å². The number of benzene rings is 1. The Morgan fingerprint density at radius 3 is 2.47 bits per heavy atom. The van der Waals surface area contributed by atoms with Crippen LogP contribution in [-0.4, -0.2) is 11.1 Å². The summed E-state index contributed by atoms with van der Waals surface area (Å²) in [5, 5.41) is 8.58. The molecule has 0 heterocycles. The third-order valence-electron chi connectivity index (χ3n) is 1.95. The molecule has 0 amide bonds. The molecular formula is C10H4BrF3INO. The summed E-state index contributed by atoms with van der Waals surface area (Å²) in [5.41, 5.74) is -1.59. The molecule has 0 aliphatic heterocycles. The van der Waals surface area contributed by atoms with E-state index in [1.165, 1.54) is 6.07 Å². The molecule has 0 atom stereocenters. The Hall–Kier alpha value is -0.620. The number of carbonyl (C=O) groups excluding carboxylic acids is 1. The summed E-state index contributed by atoms with van der Waals surface area (Å²) in [7, 11) is 0. The minimum atomic E-state index is -4.64. The van der Waals surface area contributed by atoms with E-state index in [2.05, 4.69) is 15.9 Å². The zero-order chi connectivity index (χ0) is 13.2. The molecule has 0 aromatic heterocycles. The van der Waals surface area contributed by atoms with Crippen molar-refractivity contribution < 1.29 is 18.0 Å². The summed E-state index contributed by atoms with van der Waals surface area (Å²) in [6.45, 7) is 0. The average molecular weight is 418 g/mol. The van der Waals surface area contributed by atoms with Crippen molar-refractivity contribution in [2.24, 2.45) is 0 Å². The maximum absolute atomic E-state index is 12.6. The molecule has 0 unspecified atom stereocenters. The van der Waals surface area contributed by atoms with Gasteiger partial charge in [-0.05, 0) is 34.7 Å². The van der Waals surface area contributed by atoms with E-state index in [1.807, 2.05) is 0 Å². The van der Waals surface area contributed by atoms with Crippen LogP contribution in [0.15, 0.2) is 12.1 Å². The molecule has 1 aromatic carbocycles. The molecule has 2 nitrogen and oxygen atoms in total. The summed E-state index contributed by atoms with van der Waals surface area (Å²) in [6.07, 6.45) is -4.64. The molecule has 17 heavy (non-hydrogen) atoms. The Balaban J connectivity index is 3.50. The van der Waals surface area contributed by atoms with E-state index >= 15 is 0 Å². The van der Waals surface area contributed by atoms with Gasteiger partial charge >= 0.3 is 6.18 Å². The Morgan fingerprint density at radius 1 is 1.47 bits per heavy atom. The van der Waals surface area contributed by atoms with Crippen LogP contribution in [-0.2, 0) is 6.18 Å². The number of rotatable bonds is 2. The smallest absolute Gasteiger partial charge is 0.293 e. The highest BCUT2D eigenvalue weighted by Gasteiger charge is 2.34. The number of Topliss-reactive ketones (excluding diaryl/α,β-unsaturated/α-hetero) is 1. The SMILES string of the molecule is N#Cc1cc(I)c(C(=O)CBr)cc1C(F)(F)F. The Kier molecular flexibility index (Phi) is 4.55. The van der Waals surface area contributed by atoms with E-state index < -0.39 is 23.1 Å². The number of hydrogen-bond acceptors (Lipinski definition) is 2. The topological polar surface area (TPSA) is 40.9 Å². The number of nitrogens with zero attached hydrogens (tertiary/aromatic N) is 1. The standard InChI is InChI=1S/C10H4BrF3INO/c11-3-9(17)6-2-7(10(12,13)14)5(4-16)1-8(6)15/h1-2H,3H2. The van der Waals surface area contributed by atoms with E-state index in [0.717, 1.165) is 12.1 Å². The average Bonchev–Trinajstić information content (AvgIpc) is 2.25. The number of ketones is 1. The van der Waals surface area contributed by atoms with Crippen molar-refractivity contribution in [3.05, 3.63) is 32.4 Å². The van der Waals surface area contributed by atoms with Crippen LogP contribution >= 0.6 is 38.5 Å². The van der Waals surface area contributed by atoms with Crippen molar-refractivity contribution >= 4 is 44.3 Å². The van der Waals surface area contributed by atoms with Gasteiger partial charge in [-0.25, -0.2) is 0 Å². The number of hydrogen-bond donors (Lipinski definition) is 0. The van der Waals surface area contributed by atoms with Gasteiger partial charge in [0.2, 0.25) is 0 Å². The molecule has 0 N–H and O–H groups in total. The molecule has 0 saturated carbocycles. The lowest BCUT2D eigenvalue weighted by molar-refractivity contribution is -0.137. The molecule has 0 saturated heterocycles. The van der Waals surface area contributed by atoms with Gasteiger partial charge in [0.05, 0.1) is 22.5 Å². The fourth-order valence-electron chi connectivity index (χ4n) is 1.19. The van der Waals surface area contributed by atoms with Crippen LogP contribution in [0.2, 0.25) is 0 Å². The van der Waals surface area contributed by atoms with Crippen molar-refractivity contribution in [1.82, 2.24) is 0 Å². The second-order valence-electron chi connectivity index (χ2n) is 3.04. The Labute approximate surface area is 117 Å². The van der Waals surface area contributed by atoms with Gasteiger partial charge in [0.25, 0.3) is 0 Å². The molecule has 0 aliphatic rings. The quantitative estimate of drug-likeness (QED) is 0.417. The highest BCUT2D eigenvalue weighted by molar-refractivity contribution is 14.1. The number of alkyl halides is 4. The van der Waals surface area contributed by atoms with E-state index in [0.29, 0.717) is 3.57 Å². The fourth-order valence-corrected chi connectivity index (χ4v) is 2.26. The monoisotopic (exact) mass is 417 g/mol. The fraction of sp³-hybridized carbons (Fsp3) is 0.200. The van der Waals surface area contributed by atoms with Crippen molar-refractivity contribution in [1.29, 1.82) is 5.26 Å². The molecular weight excluding hydrogens is 414 g/mol. The molecule has 0 aliphatic carbocycles. The van der Waals surface area contributed by atoms with E-state index in [-0.39, 0.29) is 10.9 Å². The number of nitriles is 1. The Bertz CT molecular complexity index is 507. The van der Waals surface area contributed by atoms with Gasteiger partial charge in [-0.15, -0.1) is 0 Å². The first kappa shape index (κ1) is 14.4. The van der Waals surface area contributed by atoms with Gasteiger partial charge in [0.1, 0.15) is 0 Å². The summed E-state index contributed by atoms with van der Waals surface area (Å²) in [6, 6.07) is 3.27. The van der Waals surface area contributed by atoms with Crippen molar-refractivity contribution in [3.8, 4) is 6.07 Å². The molecule has 0 bridgehead atoms. The minimum Gasteiger partial charge on any atom is -0.293 e. The third kappa shape index (κ3) is 3.19.